The maximum absolute atomic E-state index is 12.4. The normalized spacial score (nSPS) is 33.2. The molecule has 4 rings (SSSR count). The number of likely N-dealkylation sites (tertiary alicyclic amines) is 1. The molecule has 0 radical (unpaired) electrons. The second kappa shape index (κ2) is 5.73. The number of halogens is 2. The van der Waals surface area contributed by atoms with Gasteiger partial charge in [-0.15, -0.1) is 0 Å². The van der Waals surface area contributed by atoms with E-state index in [4.69, 9.17) is 4.74 Å². The lowest BCUT2D eigenvalue weighted by Crippen LogP contribution is -2.59. The molecule has 1 saturated heterocycles. The van der Waals surface area contributed by atoms with Gasteiger partial charge in [-0.25, -0.2) is 8.78 Å². The van der Waals surface area contributed by atoms with Crippen LogP contribution in [0.3, 0.4) is 0 Å². The number of nitrogens with zero attached hydrogens (tertiary/aromatic N) is 1. The first-order valence-corrected chi connectivity index (χ1v) is 8.85. The van der Waals surface area contributed by atoms with Gasteiger partial charge in [-0.05, 0) is 68.5 Å². The second-order valence-corrected chi connectivity index (χ2v) is 7.53. The molecule has 1 aliphatic heterocycles. The molecule has 0 N–H and O–H groups in total. The molecular weight excluding hydrogens is 296 g/mol. The molecule has 0 amide bonds. The van der Waals surface area contributed by atoms with Crippen molar-refractivity contribution in [3.8, 4) is 5.75 Å². The average Bonchev–Trinajstić information content (AvgIpc) is 2.56. The topological polar surface area (TPSA) is 12.5 Å². The quantitative estimate of drug-likeness (QED) is 0.834. The summed E-state index contributed by atoms with van der Waals surface area (Å²) in [6.45, 7) is 0.628. The molecule has 0 aromatic heterocycles. The summed E-state index contributed by atoms with van der Waals surface area (Å²) in [6, 6.07) is 6.72. The van der Waals surface area contributed by atoms with Crippen molar-refractivity contribution in [3.63, 3.8) is 0 Å². The Morgan fingerprint density at radius 3 is 3.00 bits per heavy atom. The molecule has 1 aromatic rings. The molecule has 2 nitrogen and oxygen atoms in total. The van der Waals surface area contributed by atoms with Crippen LogP contribution in [0.25, 0.3) is 0 Å². The van der Waals surface area contributed by atoms with E-state index in [1.54, 1.807) is 0 Å². The van der Waals surface area contributed by atoms with Gasteiger partial charge in [0.25, 0.3) is 6.43 Å². The van der Waals surface area contributed by atoms with E-state index in [-0.39, 0.29) is 5.41 Å². The zero-order valence-electron chi connectivity index (χ0n) is 13.7. The Morgan fingerprint density at radius 1 is 1.30 bits per heavy atom. The molecule has 1 aromatic carbocycles. The van der Waals surface area contributed by atoms with Gasteiger partial charge in [0.1, 0.15) is 12.4 Å². The summed E-state index contributed by atoms with van der Waals surface area (Å²) in [6.07, 6.45) is 5.02. The zero-order chi connectivity index (χ0) is 16.0. The van der Waals surface area contributed by atoms with E-state index in [2.05, 4.69) is 24.1 Å². The number of likely N-dealkylation sites (N-methyl/N-ethyl adjacent to an activating group) is 1. The second-order valence-electron chi connectivity index (χ2n) is 7.53. The smallest absolute Gasteiger partial charge is 0.272 e. The largest absolute Gasteiger partial charge is 0.488 e. The van der Waals surface area contributed by atoms with Crippen LogP contribution in [0.2, 0.25) is 0 Å². The number of fused-ring (bicyclic) bond motifs is 1. The Balaban J connectivity index is 1.73. The van der Waals surface area contributed by atoms with Crippen molar-refractivity contribution >= 4 is 0 Å². The van der Waals surface area contributed by atoms with E-state index in [0.717, 1.165) is 13.0 Å². The fraction of sp³-hybridized carbons (Fsp3) is 0.684. The number of alkyl halides is 2. The molecule has 3 atom stereocenters. The molecule has 4 heteroatoms. The maximum Gasteiger partial charge on any atom is 0.272 e. The summed E-state index contributed by atoms with van der Waals surface area (Å²) in [7, 11) is 2.26. The summed E-state index contributed by atoms with van der Waals surface area (Å²) in [5.74, 6) is 1.33. The van der Waals surface area contributed by atoms with Crippen LogP contribution in [-0.2, 0) is 11.8 Å². The highest BCUT2D eigenvalue weighted by molar-refractivity contribution is 5.45. The van der Waals surface area contributed by atoms with Crippen LogP contribution in [0.4, 0.5) is 8.78 Å². The van der Waals surface area contributed by atoms with Gasteiger partial charge in [0.15, 0.2) is 0 Å². The van der Waals surface area contributed by atoms with Crippen LogP contribution in [-0.4, -0.2) is 37.6 Å². The van der Waals surface area contributed by atoms with Gasteiger partial charge in [0, 0.05) is 11.5 Å². The number of ether oxygens (including phenoxy) is 1. The van der Waals surface area contributed by atoms with Crippen LogP contribution in [0, 0.1) is 5.92 Å². The van der Waals surface area contributed by atoms with Crippen molar-refractivity contribution in [1.82, 2.24) is 4.90 Å². The predicted molar refractivity (Wildman–Crippen MR) is 86.3 cm³/mol. The molecule has 126 valence electrons. The Bertz CT molecular complexity index is 591. The van der Waals surface area contributed by atoms with E-state index in [1.807, 2.05) is 6.07 Å². The minimum Gasteiger partial charge on any atom is -0.488 e. The highest BCUT2D eigenvalue weighted by Crippen LogP contribution is 2.55. The summed E-state index contributed by atoms with van der Waals surface area (Å²) in [5.41, 5.74) is 3.06. The Hall–Kier alpha value is -1.16. The first-order chi connectivity index (χ1) is 11.1. The van der Waals surface area contributed by atoms with Crippen LogP contribution < -0.4 is 4.74 Å². The lowest BCUT2D eigenvalue weighted by atomic mass is 9.52. The van der Waals surface area contributed by atoms with E-state index in [0.29, 0.717) is 17.7 Å². The van der Waals surface area contributed by atoms with Gasteiger partial charge < -0.3 is 9.64 Å². The highest BCUT2D eigenvalue weighted by atomic mass is 19.3. The number of rotatable bonds is 3. The first-order valence-electron chi connectivity index (χ1n) is 8.85. The van der Waals surface area contributed by atoms with Crippen LogP contribution in [0.15, 0.2) is 18.2 Å². The monoisotopic (exact) mass is 321 g/mol. The van der Waals surface area contributed by atoms with Gasteiger partial charge in [-0.2, -0.15) is 0 Å². The van der Waals surface area contributed by atoms with Crippen molar-refractivity contribution in [3.05, 3.63) is 29.3 Å². The van der Waals surface area contributed by atoms with Gasteiger partial charge in [0.2, 0.25) is 0 Å². The number of hydrogen-bond acceptors (Lipinski definition) is 2. The summed E-state index contributed by atoms with van der Waals surface area (Å²) < 4.78 is 30.2. The van der Waals surface area contributed by atoms with E-state index < -0.39 is 13.0 Å². The van der Waals surface area contributed by atoms with Crippen LogP contribution >= 0.6 is 0 Å². The number of benzene rings is 1. The fourth-order valence-electron chi connectivity index (χ4n) is 5.42. The summed E-state index contributed by atoms with van der Waals surface area (Å²) >= 11 is 0. The van der Waals surface area contributed by atoms with Crippen molar-refractivity contribution in [2.24, 2.45) is 5.92 Å². The van der Waals surface area contributed by atoms with Gasteiger partial charge in [0.05, 0.1) is 0 Å². The van der Waals surface area contributed by atoms with Crippen molar-refractivity contribution in [2.45, 2.75) is 56.4 Å². The molecule has 2 bridgehead atoms. The van der Waals surface area contributed by atoms with Gasteiger partial charge in [-0.1, -0.05) is 18.9 Å². The minimum atomic E-state index is -2.42. The SMILES string of the molecule is CN1CCC23CCCCC2C1Cc1ccc(OCC(F)F)cc13. The molecule has 3 unspecified atom stereocenters. The van der Waals surface area contributed by atoms with Crippen LogP contribution in [0.5, 0.6) is 5.75 Å². The fourth-order valence-corrected chi connectivity index (χ4v) is 5.42. The molecule has 2 aliphatic carbocycles. The Morgan fingerprint density at radius 2 is 2.17 bits per heavy atom. The molecule has 23 heavy (non-hydrogen) atoms. The number of piperidine rings is 1. The third-order valence-electron chi connectivity index (χ3n) is 6.46. The molecular formula is C19H25F2NO. The molecule has 1 heterocycles. The Labute approximate surface area is 136 Å². The standard InChI is InChI=1S/C19H25F2NO/c1-22-9-8-19-7-3-2-4-15(19)17(22)10-13-5-6-14(11-16(13)19)23-12-18(20)21/h5-6,11,15,17-18H,2-4,7-10,12H2,1H3. The zero-order valence-corrected chi connectivity index (χ0v) is 13.7. The third kappa shape index (κ3) is 2.46. The maximum atomic E-state index is 12.4. The molecule has 2 fully saturated rings. The van der Waals surface area contributed by atoms with Gasteiger partial charge >= 0.3 is 0 Å². The van der Waals surface area contributed by atoms with E-state index in [1.165, 1.54) is 43.2 Å². The van der Waals surface area contributed by atoms with Crippen LogP contribution in [0.1, 0.15) is 43.2 Å². The van der Waals surface area contributed by atoms with Crippen molar-refractivity contribution < 1.29 is 13.5 Å². The van der Waals surface area contributed by atoms with Crippen molar-refractivity contribution in [2.75, 3.05) is 20.2 Å². The van der Waals surface area contributed by atoms with E-state index in [9.17, 15) is 8.78 Å². The lowest BCUT2D eigenvalue weighted by Gasteiger charge is -2.58. The molecule has 1 saturated carbocycles. The third-order valence-corrected chi connectivity index (χ3v) is 6.46. The van der Waals surface area contributed by atoms with Crippen molar-refractivity contribution in [1.29, 1.82) is 0 Å². The number of hydrogen-bond donors (Lipinski definition) is 0. The van der Waals surface area contributed by atoms with Gasteiger partial charge in [-0.3, -0.25) is 0 Å². The lowest BCUT2D eigenvalue weighted by molar-refractivity contribution is 0.00259. The summed E-state index contributed by atoms with van der Waals surface area (Å²) in [4.78, 5) is 2.54. The molecule has 3 aliphatic rings. The summed E-state index contributed by atoms with van der Waals surface area (Å²) in [5, 5.41) is 0. The minimum absolute atomic E-state index is 0.257. The first kappa shape index (κ1) is 15.4. The predicted octanol–water partition coefficient (Wildman–Crippen LogP) is 4.02. The Kier molecular flexibility index (Phi) is 3.83. The van der Waals surface area contributed by atoms with E-state index >= 15 is 0 Å². The highest BCUT2D eigenvalue weighted by Gasteiger charge is 2.53. The average molecular weight is 321 g/mol. The molecule has 0 spiro atoms.